The van der Waals surface area contributed by atoms with Crippen molar-refractivity contribution >= 4 is 11.3 Å². The van der Waals surface area contributed by atoms with E-state index < -0.39 is 11.6 Å². The highest BCUT2D eigenvalue weighted by molar-refractivity contribution is 7.11. The van der Waals surface area contributed by atoms with Crippen LogP contribution in [0.1, 0.15) is 27.2 Å². The van der Waals surface area contributed by atoms with Crippen LogP contribution in [0.3, 0.4) is 0 Å². The summed E-state index contributed by atoms with van der Waals surface area (Å²) in [6, 6.07) is 3.39. The lowest BCUT2D eigenvalue weighted by molar-refractivity contribution is 0.505. The zero-order valence-corrected chi connectivity index (χ0v) is 11.0. The Morgan fingerprint density at radius 1 is 1.28 bits per heavy atom. The molecule has 0 spiro atoms. The molecule has 0 bridgehead atoms. The number of hydrogen-bond donors (Lipinski definition) is 1. The molecule has 0 amide bonds. The topological polar surface area (TPSA) is 38.9 Å². The van der Waals surface area contributed by atoms with Gasteiger partial charge in [0.1, 0.15) is 0 Å². The summed E-state index contributed by atoms with van der Waals surface area (Å²) in [5.74, 6) is -1.72. The number of nitrogens with zero attached hydrogens (tertiary/aromatic N) is 1. The summed E-state index contributed by atoms with van der Waals surface area (Å²) in [6.07, 6.45) is 0.532. The molecule has 1 heterocycles. The SMILES string of the molecule is Cc1nc(CC(N)c2ccc(F)c(F)c2)sc1C. The van der Waals surface area contributed by atoms with Crippen molar-refractivity contribution in [3.8, 4) is 0 Å². The molecular formula is C13H14F2N2S. The van der Waals surface area contributed by atoms with E-state index in [0.717, 1.165) is 27.7 Å². The van der Waals surface area contributed by atoms with Crippen molar-refractivity contribution in [2.45, 2.75) is 26.3 Å². The van der Waals surface area contributed by atoms with Gasteiger partial charge in [0.2, 0.25) is 0 Å². The van der Waals surface area contributed by atoms with Crippen molar-refractivity contribution in [1.82, 2.24) is 4.98 Å². The van der Waals surface area contributed by atoms with Gasteiger partial charge in [-0.1, -0.05) is 6.07 Å². The fourth-order valence-corrected chi connectivity index (χ4v) is 2.67. The first kappa shape index (κ1) is 13.1. The third kappa shape index (κ3) is 2.73. The molecule has 2 nitrogen and oxygen atoms in total. The first-order valence-electron chi connectivity index (χ1n) is 5.61. The zero-order chi connectivity index (χ0) is 13.3. The third-order valence-electron chi connectivity index (χ3n) is 2.84. The number of aryl methyl sites for hydroxylation is 2. The maximum absolute atomic E-state index is 13.1. The monoisotopic (exact) mass is 268 g/mol. The maximum Gasteiger partial charge on any atom is 0.159 e. The van der Waals surface area contributed by atoms with Crippen molar-refractivity contribution in [2.24, 2.45) is 5.73 Å². The normalized spacial score (nSPS) is 12.7. The van der Waals surface area contributed by atoms with Gasteiger partial charge in [-0.2, -0.15) is 0 Å². The molecule has 2 rings (SSSR count). The van der Waals surface area contributed by atoms with Gasteiger partial charge >= 0.3 is 0 Å². The fraction of sp³-hybridized carbons (Fsp3) is 0.308. The molecule has 2 aromatic rings. The second-order valence-corrected chi connectivity index (χ2v) is 5.52. The minimum absolute atomic E-state index is 0.370. The Kier molecular flexibility index (Phi) is 3.73. The van der Waals surface area contributed by atoms with Crippen LogP contribution in [0.4, 0.5) is 8.78 Å². The van der Waals surface area contributed by atoms with Crippen LogP contribution in [0.5, 0.6) is 0 Å². The van der Waals surface area contributed by atoms with E-state index in [1.807, 2.05) is 13.8 Å². The molecule has 0 aliphatic carbocycles. The number of halogens is 2. The average Bonchev–Trinajstić information content (AvgIpc) is 2.61. The summed E-state index contributed by atoms with van der Waals surface area (Å²) in [5, 5.41) is 0.919. The number of hydrogen-bond acceptors (Lipinski definition) is 3. The highest BCUT2D eigenvalue weighted by atomic mass is 32.1. The van der Waals surface area contributed by atoms with Gasteiger partial charge in [0.05, 0.1) is 10.7 Å². The summed E-state index contributed by atoms with van der Waals surface area (Å²) in [4.78, 5) is 5.54. The summed E-state index contributed by atoms with van der Waals surface area (Å²) in [5.41, 5.74) is 7.56. The molecule has 96 valence electrons. The van der Waals surface area contributed by atoms with Crippen molar-refractivity contribution in [3.05, 3.63) is 51.0 Å². The van der Waals surface area contributed by atoms with Crippen LogP contribution >= 0.6 is 11.3 Å². The summed E-state index contributed by atoms with van der Waals surface area (Å²) >= 11 is 1.59. The van der Waals surface area contributed by atoms with Gasteiger partial charge in [-0.05, 0) is 31.5 Å². The van der Waals surface area contributed by atoms with E-state index in [4.69, 9.17) is 5.73 Å². The van der Waals surface area contributed by atoms with E-state index in [-0.39, 0.29) is 6.04 Å². The van der Waals surface area contributed by atoms with Crippen molar-refractivity contribution in [1.29, 1.82) is 0 Å². The van der Waals surface area contributed by atoms with Gasteiger partial charge in [-0.15, -0.1) is 11.3 Å². The largest absolute Gasteiger partial charge is 0.324 e. The summed E-state index contributed by atoms with van der Waals surface area (Å²) in [6.45, 7) is 3.94. The summed E-state index contributed by atoms with van der Waals surface area (Å²) < 4.78 is 25.9. The molecule has 0 aliphatic rings. The van der Waals surface area contributed by atoms with E-state index in [9.17, 15) is 8.78 Å². The molecule has 1 unspecified atom stereocenters. The lowest BCUT2D eigenvalue weighted by atomic mass is 10.0. The number of nitrogens with two attached hydrogens (primary N) is 1. The first-order valence-corrected chi connectivity index (χ1v) is 6.42. The van der Waals surface area contributed by atoms with Crippen molar-refractivity contribution < 1.29 is 8.78 Å². The lowest BCUT2D eigenvalue weighted by Gasteiger charge is -2.10. The number of benzene rings is 1. The molecule has 5 heteroatoms. The average molecular weight is 268 g/mol. The predicted octanol–water partition coefficient (Wildman–Crippen LogP) is 3.28. The van der Waals surface area contributed by atoms with Crippen LogP contribution in [-0.4, -0.2) is 4.98 Å². The minimum Gasteiger partial charge on any atom is -0.324 e. The Morgan fingerprint density at radius 3 is 2.56 bits per heavy atom. The fourth-order valence-electron chi connectivity index (χ4n) is 1.68. The molecule has 0 aliphatic heterocycles. The molecule has 18 heavy (non-hydrogen) atoms. The molecule has 1 aromatic heterocycles. The van der Waals surface area contributed by atoms with Crippen LogP contribution < -0.4 is 5.73 Å². The standard InChI is InChI=1S/C13H14F2N2S/c1-7-8(2)18-13(17-7)6-12(16)9-3-4-10(14)11(15)5-9/h3-5,12H,6,16H2,1-2H3. The predicted molar refractivity (Wildman–Crippen MR) is 68.6 cm³/mol. The van der Waals surface area contributed by atoms with Crippen LogP contribution in [0.15, 0.2) is 18.2 Å². The maximum atomic E-state index is 13.1. The second kappa shape index (κ2) is 5.12. The number of aromatic nitrogens is 1. The second-order valence-electron chi connectivity index (χ2n) is 4.23. The van der Waals surface area contributed by atoms with E-state index in [1.54, 1.807) is 11.3 Å². The van der Waals surface area contributed by atoms with Crippen molar-refractivity contribution in [2.75, 3.05) is 0 Å². The minimum atomic E-state index is -0.866. The molecule has 0 radical (unpaired) electrons. The quantitative estimate of drug-likeness (QED) is 0.927. The van der Waals surface area contributed by atoms with Crippen LogP contribution in [0.2, 0.25) is 0 Å². The van der Waals surface area contributed by atoms with Crippen LogP contribution in [0, 0.1) is 25.5 Å². The zero-order valence-electron chi connectivity index (χ0n) is 10.2. The Morgan fingerprint density at radius 2 is 2.00 bits per heavy atom. The Bertz CT molecular complexity index is 547. The van der Waals surface area contributed by atoms with Gasteiger partial charge in [0.25, 0.3) is 0 Å². The molecule has 2 N–H and O–H groups in total. The van der Waals surface area contributed by atoms with Gasteiger partial charge in [0, 0.05) is 17.3 Å². The van der Waals surface area contributed by atoms with E-state index in [2.05, 4.69) is 4.98 Å². The van der Waals surface area contributed by atoms with Gasteiger partial charge in [-0.3, -0.25) is 0 Å². The third-order valence-corrected chi connectivity index (χ3v) is 3.93. The Hall–Kier alpha value is -1.33. The van der Waals surface area contributed by atoms with E-state index in [0.29, 0.717) is 12.0 Å². The van der Waals surface area contributed by atoms with Gasteiger partial charge < -0.3 is 5.73 Å². The molecule has 0 saturated heterocycles. The van der Waals surface area contributed by atoms with Crippen molar-refractivity contribution in [3.63, 3.8) is 0 Å². The molecule has 1 aromatic carbocycles. The van der Waals surface area contributed by atoms with E-state index >= 15 is 0 Å². The Balaban J connectivity index is 2.16. The molecule has 1 atom stereocenters. The van der Waals surface area contributed by atoms with Crippen LogP contribution in [0.25, 0.3) is 0 Å². The highest BCUT2D eigenvalue weighted by Gasteiger charge is 2.13. The number of rotatable bonds is 3. The lowest BCUT2D eigenvalue weighted by Crippen LogP contribution is -2.13. The summed E-state index contributed by atoms with van der Waals surface area (Å²) in [7, 11) is 0. The first-order chi connectivity index (χ1) is 8.47. The smallest absolute Gasteiger partial charge is 0.159 e. The van der Waals surface area contributed by atoms with E-state index in [1.165, 1.54) is 6.07 Å². The van der Waals surface area contributed by atoms with Crippen LogP contribution in [-0.2, 0) is 6.42 Å². The van der Waals surface area contributed by atoms with Gasteiger partial charge in [0.15, 0.2) is 11.6 Å². The molecule has 0 fully saturated rings. The Labute approximate surface area is 108 Å². The molecule has 0 saturated carbocycles. The molecular weight excluding hydrogens is 254 g/mol. The highest BCUT2D eigenvalue weighted by Crippen LogP contribution is 2.23. The van der Waals surface area contributed by atoms with Gasteiger partial charge in [-0.25, -0.2) is 13.8 Å². The number of thiazole rings is 1.